The molecule has 0 radical (unpaired) electrons. The summed E-state index contributed by atoms with van der Waals surface area (Å²) in [5.41, 5.74) is 2.70. The second-order valence-corrected chi connectivity index (χ2v) is 7.24. The fourth-order valence-corrected chi connectivity index (χ4v) is 2.93. The van der Waals surface area contributed by atoms with E-state index in [9.17, 15) is 9.00 Å². The number of carbonyl (C=O) groups excluding carboxylic acids is 1. The first-order chi connectivity index (χ1) is 11.5. The third kappa shape index (κ3) is 5.49. The molecule has 0 aliphatic heterocycles. The summed E-state index contributed by atoms with van der Waals surface area (Å²) in [6, 6.07) is 15.1. The lowest BCUT2D eigenvalue weighted by Crippen LogP contribution is -2.30. The molecule has 0 saturated carbocycles. The molecule has 0 spiro atoms. The molecule has 0 N–H and O–H groups in total. The Morgan fingerprint density at radius 3 is 2.54 bits per heavy atom. The van der Waals surface area contributed by atoms with E-state index in [1.807, 2.05) is 43.3 Å². The van der Waals surface area contributed by atoms with Crippen molar-refractivity contribution >= 4 is 16.7 Å². The van der Waals surface area contributed by atoms with Gasteiger partial charge in [-0.1, -0.05) is 29.8 Å². The van der Waals surface area contributed by atoms with Gasteiger partial charge in [0.25, 0.3) is 5.91 Å². The lowest BCUT2D eigenvalue weighted by atomic mass is 10.1. The molecule has 24 heavy (non-hydrogen) atoms. The van der Waals surface area contributed by atoms with Crippen LogP contribution in [0.3, 0.4) is 0 Å². The number of amides is 1. The van der Waals surface area contributed by atoms with Gasteiger partial charge in [-0.3, -0.25) is 9.00 Å². The van der Waals surface area contributed by atoms with E-state index in [2.05, 4.69) is 0 Å². The minimum Gasteiger partial charge on any atom is -0.492 e. The van der Waals surface area contributed by atoms with Crippen molar-refractivity contribution < 1.29 is 13.7 Å². The van der Waals surface area contributed by atoms with Gasteiger partial charge in [-0.25, -0.2) is 0 Å². The Balaban J connectivity index is 1.89. The van der Waals surface area contributed by atoms with Crippen molar-refractivity contribution in [3.63, 3.8) is 0 Å². The third-order valence-corrected chi connectivity index (χ3v) is 4.35. The van der Waals surface area contributed by atoms with Crippen molar-refractivity contribution in [2.45, 2.75) is 12.7 Å². The summed E-state index contributed by atoms with van der Waals surface area (Å²) in [4.78, 5) is 14.1. The second-order valence-electron chi connectivity index (χ2n) is 5.81. The standard InChI is InChI=1S/C19H23NO3S/c1-15-7-9-18(10-8-15)23-12-11-20(2)19(21)17-6-4-5-16(13-17)14-24(3)22/h4-10,13H,11-12,14H2,1-3H3. The molecule has 0 bridgehead atoms. The summed E-state index contributed by atoms with van der Waals surface area (Å²) < 4.78 is 17.0. The van der Waals surface area contributed by atoms with Gasteiger partial charge < -0.3 is 9.64 Å². The molecule has 5 heteroatoms. The zero-order valence-electron chi connectivity index (χ0n) is 14.3. The number of rotatable bonds is 7. The van der Waals surface area contributed by atoms with Crippen LogP contribution in [0.25, 0.3) is 0 Å². The van der Waals surface area contributed by atoms with Crippen LogP contribution >= 0.6 is 0 Å². The Morgan fingerprint density at radius 1 is 1.17 bits per heavy atom. The SMILES string of the molecule is Cc1ccc(OCCN(C)C(=O)c2cccc(CS(C)=O)c2)cc1. The van der Waals surface area contributed by atoms with Crippen LogP contribution in [0.2, 0.25) is 0 Å². The first-order valence-corrected chi connectivity index (χ1v) is 9.52. The number of likely N-dealkylation sites (N-methyl/N-ethyl adjacent to an activating group) is 1. The van der Waals surface area contributed by atoms with Crippen molar-refractivity contribution in [1.29, 1.82) is 0 Å². The van der Waals surface area contributed by atoms with E-state index >= 15 is 0 Å². The normalized spacial score (nSPS) is 11.8. The zero-order chi connectivity index (χ0) is 17.5. The molecule has 128 valence electrons. The van der Waals surface area contributed by atoms with Gasteiger partial charge in [-0.2, -0.15) is 0 Å². The van der Waals surface area contributed by atoms with E-state index < -0.39 is 10.8 Å². The molecular weight excluding hydrogens is 322 g/mol. The van der Waals surface area contributed by atoms with Crippen LogP contribution in [-0.4, -0.2) is 41.5 Å². The van der Waals surface area contributed by atoms with Crippen LogP contribution in [0.4, 0.5) is 0 Å². The van der Waals surface area contributed by atoms with Crippen LogP contribution in [0.15, 0.2) is 48.5 Å². The van der Waals surface area contributed by atoms with Crippen LogP contribution in [0.5, 0.6) is 5.75 Å². The Hall–Kier alpha value is -2.14. The van der Waals surface area contributed by atoms with Gasteiger partial charge in [0.1, 0.15) is 12.4 Å². The first kappa shape index (κ1) is 18.2. The van der Waals surface area contributed by atoms with Gasteiger partial charge in [0, 0.05) is 35.4 Å². The molecule has 0 fully saturated rings. The highest BCUT2D eigenvalue weighted by molar-refractivity contribution is 7.83. The Bertz CT molecular complexity index is 713. The third-order valence-electron chi connectivity index (χ3n) is 3.61. The summed E-state index contributed by atoms with van der Waals surface area (Å²) in [6.45, 7) is 2.96. The molecule has 2 rings (SSSR count). The zero-order valence-corrected chi connectivity index (χ0v) is 15.1. The largest absolute Gasteiger partial charge is 0.492 e. The van der Waals surface area contributed by atoms with Crippen molar-refractivity contribution in [1.82, 2.24) is 4.90 Å². The van der Waals surface area contributed by atoms with E-state index in [1.54, 1.807) is 30.3 Å². The Labute approximate surface area is 145 Å². The maximum Gasteiger partial charge on any atom is 0.253 e. The molecule has 1 amide bonds. The van der Waals surface area contributed by atoms with Gasteiger partial charge in [-0.15, -0.1) is 0 Å². The minimum atomic E-state index is -0.921. The molecule has 1 unspecified atom stereocenters. The van der Waals surface area contributed by atoms with Crippen LogP contribution in [0, 0.1) is 6.92 Å². The van der Waals surface area contributed by atoms with Crippen molar-refractivity contribution in [3.8, 4) is 5.75 Å². The van der Waals surface area contributed by atoms with Crippen LogP contribution in [0.1, 0.15) is 21.5 Å². The number of aryl methyl sites for hydroxylation is 1. The average Bonchev–Trinajstić information content (AvgIpc) is 2.55. The van der Waals surface area contributed by atoms with Crippen LogP contribution in [-0.2, 0) is 16.6 Å². The topological polar surface area (TPSA) is 46.6 Å². The quantitative estimate of drug-likeness (QED) is 0.775. The number of hydrogen-bond donors (Lipinski definition) is 0. The maximum atomic E-state index is 12.5. The molecule has 0 saturated heterocycles. The maximum absolute atomic E-state index is 12.5. The number of nitrogens with zero attached hydrogens (tertiary/aromatic N) is 1. The van der Waals surface area contributed by atoms with Crippen molar-refractivity contribution in [2.75, 3.05) is 26.5 Å². The van der Waals surface area contributed by atoms with Gasteiger partial charge in [-0.05, 0) is 36.8 Å². The molecule has 1 atom stereocenters. The van der Waals surface area contributed by atoms with E-state index in [1.165, 1.54) is 5.56 Å². The van der Waals surface area contributed by atoms with Crippen LogP contribution < -0.4 is 4.74 Å². The minimum absolute atomic E-state index is 0.0637. The summed E-state index contributed by atoms with van der Waals surface area (Å²) in [6.07, 6.45) is 1.66. The first-order valence-electron chi connectivity index (χ1n) is 7.79. The molecule has 0 aliphatic carbocycles. The predicted molar refractivity (Wildman–Crippen MR) is 97.8 cm³/mol. The molecule has 2 aromatic carbocycles. The van der Waals surface area contributed by atoms with E-state index in [4.69, 9.17) is 4.74 Å². The molecule has 0 heterocycles. The highest BCUT2D eigenvalue weighted by Gasteiger charge is 2.12. The molecular formula is C19H23NO3S. The van der Waals surface area contributed by atoms with E-state index in [-0.39, 0.29) is 5.91 Å². The van der Waals surface area contributed by atoms with Gasteiger partial charge in [0.05, 0.1) is 6.54 Å². The fourth-order valence-electron chi connectivity index (χ4n) is 2.29. The lowest BCUT2D eigenvalue weighted by molar-refractivity contribution is 0.0773. The van der Waals surface area contributed by atoms with E-state index in [0.717, 1.165) is 11.3 Å². The molecule has 0 aliphatic rings. The average molecular weight is 345 g/mol. The summed E-state index contributed by atoms with van der Waals surface area (Å²) in [5, 5.41) is 0. The Kier molecular flexibility index (Phi) is 6.55. The molecule has 4 nitrogen and oxygen atoms in total. The van der Waals surface area contributed by atoms with Crippen molar-refractivity contribution in [2.24, 2.45) is 0 Å². The number of benzene rings is 2. The smallest absolute Gasteiger partial charge is 0.253 e. The molecule has 0 aromatic heterocycles. The monoisotopic (exact) mass is 345 g/mol. The van der Waals surface area contributed by atoms with Gasteiger partial charge >= 0.3 is 0 Å². The number of ether oxygens (including phenoxy) is 1. The lowest BCUT2D eigenvalue weighted by Gasteiger charge is -2.18. The summed E-state index contributed by atoms with van der Waals surface area (Å²) in [7, 11) is 0.834. The van der Waals surface area contributed by atoms with Crippen molar-refractivity contribution in [3.05, 3.63) is 65.2 Å². The predicted octanol–water partition coefficient (Wildman–Crippen LogP) is 3.02. The van der Waals surface area contributed by atoms with Gasteiger partial charge in [0.15, 0.2) is 0 Å². The summed E-state index contributed by atoms with van der Waals surface area (Å²) in [5.74, 6) is 1.20. The summed E-state index contributed by atoms with van der Waals surface area (Å²) >= 11 is 0. The fraction of sp³-hybridized carbons (Fsp3) is 0.316. The Morgan fingerprint density at radius 2 is 1.88 bits per heavy atom. The van der Waals surface area contributed by atoms with E-state index in [0.29, 0.717) is 24.5 Å². The number of hydrogen-bond acceptors (Lipinski definition) is 3. The number of carbonyl (C=O) groups is 1. The van der Waals surface area contributed by atoms with Gasteiger partial charge in [0.2, 0.25) is 0 Å². The molecule has 2 aromatic rings. The highest BCUT2D eigenvalue weighted by Crippen LogP contribution is 2.12. The highest BCUT2D eigenvalue weighted by atomic mass is 32.2. The second kappa shape index (κ2) is 8.64.